The highest BCUT2D eigenvalue weighted by Gasteiger charge is 2.23. The third-order valence-electron chi connectivity index (χ3n) is 4.31. The molecule has 3 aromatic heterocycles. The van der Waals surface area contributed by atoms with Crippen LogP contribution in [0.3, 0.4) is 0 Å². The molecule has 0 spiro atoms. The average molecular weight is 339 g/mol. The van der Waals surface area contributed by atoms with Crippen molar-refractivity contribution in [2.75, 3.05) is 18.4 Å². The van der Waals surface area contributed by atoms with Crippen LogP contribution in [0.5, 0.6) is 0 Å². The molecule has 4 rings (SSSR count). The van der Waals surface area contributed by atoms with Crippen LogP contribution in [0.15, 0.2) is 41.3 Å². The number of hydrogen-bond acceptors (Lipinski definition) is 7. The Bertz CT molecular complexity index is 813. The molecule has 8 nitrogen and oxygen atoms in total. The number of hydrogen-bond donors (Lipinski definition) is 1. The Morgan fingerprint density at radius 2 is 2.12 bits per heavy atom. The Kier molecular flexibility index (Phi) is 4.43. The van der Waals surface area contributed by atoms with E-state index in [1.807, 2.05) is 25.3 Å². The van der Waals surface area contributed by atoms with Crippen LogP contribution in [0, 0.1) is 12.8 Å². The SMILES string of the molecule is Cc1cc(CN2Cc3ccnn3C[C@@H](CNc3ncccn3)C2)no1. The van der Waals surface area contributed by atoms with Crippen molar-refractivity contribution in [3.05, 3.63) is 53.9 Å². The maximum Gasteiger partial charge on any atom is 0.222 e. The Labute approximate surface area is 145 Å². The van der Waals surface area contributed by atoms with Crippen LogP contribution in [-0.4, -0.2) is 42.9 Å². The summed E-state index contributed by atoms with van der Waals surface area (Å²) in [6, 6.07) is 5.89. The van der Waals surface area contributed by atoms with Gasteiger partial charge in [-0.25, -0.2) is 9.97 Å². The van der Waals surface area contributed by atoms with Gasteiger partial charge in [-0.15, -0.1) is 0 Å². The van der Waals surface area contributed by atoms with Gasteiger partial charge in [0.15, 0.2) is 0 Å². The lowest BCUT2D eigenvalue weighted by Crippen LogP contribution is -2.31. The van der Waals surface area contributed by atoms with E-state index < -0.39 is 0 Å². The number of anilines is 1. The van der Waals surface area contributed by atoms with Gasteiger partial charge >= 0.3 is 0 Å². The zero-order valence-corrected chi connectivity index (χ0v) is 14.2. The average Bonchev–Trinajstić information content (AvgIpc) is 3.19. The van der Waals surface area contributed by atoms with Crippen molar-refractivity contribution >= 4 is 5.95 Å². The number of rotatable bonds is 5. The summed E-state index contributed by atoms with van der Waals surface area (Å²) in [5, 5.41) is 11.9. The smallest absolute Gasteiger partial charge is 0.222 e. The first-order valence-electron chi connectivity index (χ1n) is 8.42. The predicted molar refractivity (Wildman–Crippen MR) is 91.6 cm³/mol. The van der Waals surface area contributed by atoms with Gasteiger partial charge in [0.25, 0.3) is 0 Å². The molecule has 1 aliphatic rings. The predicted octanol–water partition coefficient (Wildman–Crippen LogP) is 1.71. The molecule has 0 saturated carbocycles. The highest BCUT2D eigenvalue weighted by atomic mass is 16.5. The summed E-state index contributed by atoms with van der Waals surface area (Å²) >= 11 is 0. The van der Waals surface area contributed by atoms with Gasteiger partial charge in [-0.2, -0.15) is 5.10 Å². The third-order valence-corrected chi connectivity index (χ3v) is 4.31. The molecular weight excluding hydrogens is 318 g/mol. The Hall–Kier alpha value is -2.74. The summed E-state index contributed by atoms with van der Waals surface area (Å²) in [7, 11) is 0. The second kappa shape index (κ2) is 7.02. The molecule has 0 bridgehead atoms. The van der Waals surface area contributed by atoms with Gasteiger partial charge in [-0.05, 0) is 19.1 Å². The number of aryl methyl sites for hydroxylation is 1. The van der Waals surface area contributed by atoms with Gasteiger partial charge in [0.1, 0.15) is 5.76 Å². The molecule has 4 heterocycles. The molecule has 0 amide bonds. The summed E-state index contributed by atoms with van der Waals surface area (Å²) in [6.45, 7) is 6.13. The second-order valence-electron chi connectivity index (χ2n) is 6.42. The monoisotopic (exact) mass is 339 g/mol. The highest BCUT2D eigenvalue weighted by molar-refractivity contribution is 5.22. The van der Waals surface area contributed by atoms with Crippen LogP contribution in [0.1, 0.15) is 17.1 Å². The molecule has 130 valence electrons. The summed E-state index contributed by atoms with van der Waals surface area (Å²) in [5.41, 5.74) is 2.18. The number of fused-ring (bicyclic) bond motifs is 1. The summed E-state index contributed by atoms with van der Waals surface area (Å²) in [6.07, 6.45) is 5.35. The van der Waals surface area contributed by atoms with Gasteiger partial charge in [0, 0.05) is 63.3 Å². The minimum atomic E-state index is 0.387. The molecule has 0 aliphatic carbocycles. The van der Waals surface area contributed by atoms with E-state index in [-0.39, 0.29) is 0 Å². The lowest BCUT2D eigenvalue weighted by molar-refractivity contribution is 0.219. The van der Waals surface area contributed by atoms with E-state index in [0.29, 0.717) is 11.9 Å². The number of nitrogens with zero attached hydrogens (tertiary/aromatic N) is 6. The molecule has 0 fully saturated rings. The molecule has 3 aromatic rings. The molecule has 1 N–H and O–H groups in total. The molecule has 25 heavy (non-hydrogen) atoms. The minimum Gasteiger partial charge on any atom is -0.361 e. The zero-order chi connectivity index (χ0) is 17.1. The van der Waals surface area contributed by atoms with E-state index in [0.717, 1.165) is 44.2 Å². The van der Waals surface area contributed by atoms with Crippen molar-refractivity contribution < 1.29 is 4.52 Å². The highest BCUT2D eigenvalue weighted by Crippen LogP contribution is 2.18. The molecule has 1 atom stereocenters. The van der Waals surface area contributed by atoms with Crippen molar-refractivity contribution in [2.45, 2.75) is 26.6 Å². The first-order chi connectivity index (χ1) is 12.3. The lowest BCUT2D eigenvalue weighted by Gasteiger charge is -2.23. The summed E-state index contributed by atoms with van der Waals surface area (Å²) in [5.74, 6) is 1.89. The van der Waals surface area contributed by atoms with E-state index in [2.05, 4.69) is 41.2 Å². The van der Waals surface area contributed by atoms with Gasteiger partial charge in [0.05, 0.1) is 11.4 Å². The second-order valence-corrected chi connectivity index (χ2v) is 6.42. The largest absolute Gasteiger partial charge is 0.361 e. The fourth-order valence-electron chi connectivity index (χ4n) is 3.22. The van der Waals surface area contributed by atoms with E-state index in [1.54, 1.807) is 12.4 Å². The van der Waals surface area contributed by atoms with Crippen molar-refractivity contribution in [3.63, 3.8) is 0 Å². The first-order valence-corrected chi connectivity index (χ1v) is 8.42. The quantitative estimate of drug-likeness (QED) is 0.757. The van der Waals surface area contributed by atoms with Crippen LogP contribution >= 0.6 is 0 Å². The van der Waals surface area contributed by atoms with E-state index in [9.17, 15) is 0 Å². The third kappa shape index (κ3) is 3.85. The Morgan fingerprint density at radius 3 is 2.92 bits per heavy atom. The summed E-state index contributed by atoms with van der Waals surface area (Å²) in [4.78, 5) is 10.8. The molecular formula is C17H21N7O. The fourth-order valence-corrected chi connectivity index (χ4v) is 3.22. The number of aromatic nitrogens is 5. The van der Waals surface area contributed by atoms with Gasteiger partial charge in [-0.3, -0.25) is 9.58 Å². The van der Waals surface area contributed by atoms with Crippen LogP contribution in [0.4, 0.5) is 5.95 Å². The molecule has 8 heteroatoms. The van der Waals surface area contributed by atoms with Crippen LogP contribution < -0.4 is 5.32 Å². The van der Waals surface area contributed by atoms with Crippen molar-refractivity contribution in [2.24, 2.45) is 5.92 Å². The topological polar surface area (TPSA) is 84.9 Å². The Balaban J connectivity index is 1.47. The zero-order valence-electron chi connectivity index (χ0n) is 14.2. The van der Waals surface area contributed by atoms with Crippen molar-refractivity contribution in [1.29, 1.82) is 0 Å². The van der Waals surface area contributed by atoms with Gasteiger partial charge in [-0.1, -0.05) is 5.16 Å². The lowest BCUT2D eigenvalue weighted by atomic mass is 10.1. The minimum absolute atomic E-state index is 0.387. The molecule has 0 aromatic carbocycles. The van der Waals surface area contributed by atoms with E-state index >= 15 is 0 Å². The maximum atomic E-state index is 5.20. The van der Waals surface area contributed by atoms with Crippen LogP contribution in [0.2, 0.25) is 0 Å². The van der Waals surface area contributed by atoms with E-state index in [1.165, 1.54) is 5.69 Å². The normalized spacial score (nSPS) is 17.9. The van der Waals surface area contributed by atoms with Gasteiger partial charge < -0.3 is 9.84 Å². The maximum absolute atomic E-state index is 5.20. The van der Waals surface area contributed by atoms with Crippen LogP contribution in [0.25, 0.3) is 0 Å². The molecule has 1 aliphatic heterocycles. The van der Waals surface area contributed by atoms with Crippen molar-refractivity contribution in [3.8, 4) is 0 Å². The Morgan fingerprint density at radius 1 is 1.24 bits per heavy atom. The van der Waals surface area contributed by atoms with E-state index in [4.69, 9.17) is 4.52 Å². The van der Waals surface area contributed by atoms with Crippen LogP contribution in [-0.2, 0) is 19.6 Å². The summed E-state index contributed by atoms with van der Waals surface area (Å²) < 4.78 is 7.29. The number of nitrogens with one attached hydrogen (secondary N) is 1. The first kappa shape index (κ1) is 15.8. The molecule has 0 unspecified atom stereocenters. The van der Waals surface area contributed by atoms with Crippen molar-refractivity contribution in [1.82, 2.24) is 29.8 Å². The molecule has 0 radical (unpaired) electrons. The molecule has 0 saturated heterocycles. The van der Waals surface area contributed by atoms with Gasteiger partial charge in [0.2, 0.25) is 5.95 Å². The fraction of sp³-hybridized carbons (Fsp3) is 0.412. The standard InChI is InChI=1S/C17H21N7O/c1-13-7-15(22-25-13)11-23-9-14(8-20-17-18-4-2-5-19-17)10-24-16(12-23)3-6-21-24/h2-7,14H,8-12H2,1H3,(H,18,19,20)/t14-/m0/s1.